The Kier molecular flexibility index (Phi) is 9.50. The minimum absolute atomic E-state index is 0.0230. The lowest BCUT2D eigenvalue weighted by Crippen LogP contribution is -2.30. The van der Waals surface area contributed by atoms with Crippen LogP contribution in [-0.4, -0.2) is 27.1 Å². The number of anilines is 1. The molecule has 0 saturated carbocycles. The van der Waals surface area contributed by atoms with Crippen LogP contribution in [0.4, 0.5) is 10.1 Å². The Morgan fingerprint density at radius 2 is 1.84 bits per heavy atom. The van der Waals surface area contributed by atoms with Crippen LogP contribution in [0.3, 0.4) is 0 Å². The summed E-state index contributed by atoms with van der Waals surface area (Å²) in [4.78, 5) is 12.5. The minimum atomic E-state index is -3.71. The summed E-state index contributed by atoms with van der Waals surface area (Å²) in [5.41, 5.74) is 1.14. The van der Waals surface area contributed by atoms with Crippen molar-refractivity contribution in [2.75, 3.05) is 17.1 Å². The molecule has 0 aromatic heterocycles. The van der Waals surface area contributed by atoms with Gasteiger partial charge in [0.25, 0.3) is 5.91 Å². The molecule has 2 aromatic carbocycles. The van der Waals surface area contributed by atoms with Crippen LogP contribution in [-0.2, 0) is 16.6 Å². The molecule has 0 bridgehead atoms. The lowest BCUT2D eigenvalue weighted by atomic mass is 9.99. The minimum Gasteiger partial charge on any atom is -0.352 e. The quantitative estimate of drug-likeness (QED) is 0.432. The number of carbonyl (C=O) groups excluding carboxylic acids is 1. The zero-order valence-electron chi connectivity index (χ0n) is 18.2. The van der Waals surface area contributed by atoms with Gasteiger partial charge >= 0.3 is 0 Å². The fourth-order valence-corrected chi connectivity index (χ4v) is 4.50. The molecule has 2 rings (SSSR count). The number of nitrogens with zero attached hydrogens (tertiary/aromatic N) is 1. The summed E-state index contributed by atoms with van der Waals surface area (Å²) in [6.07, 6.45) is 5.45. The summed E-state index contributed by atoms with van der Waals surface area (Å²) in [6.45, 7) is 4.89. The van der Waals surface area contributed by atoms with Crippen LogP contribution in [0, 0.1) is 11.7 Å². The molecule has 1 unspecified atom stereocenters. The summed E-state index contributed by atoms with van der Waals surface area (Å²) in [5, 5.41) is 2.98. The van der Waals surface area contributed by atoms with Gasteiger partial charge in [0.15, 0.2) is 0 Å². The van der Waals surface area contributed by atoms with Crippen molar-refractivity contribution in [3.63, 3.8) is 0 Å². The highest BCUT2D eigenvalue weighted by molar-refractivity contribution is 9.10. The average Bonchev–Trinajstić information content (AvgIpc) is 2.72. The molecular formula is C23H30BrFN2O3S. The van der Waals surface area contributed by atoms with E-state index in [1.54, 1.807) is 30.3 Å². The van der Waals surface area contributed by atoms with Gasteiger partial charge < -0.3 is 5.32 Å². The van der Waals surface area contributed by atoms with Crippen molar-refractivity contribution in [3.05, 3.63) is 63.9 Å². The molecule has 0 aliphatic carbocycles. The van der Waals surface area contributed by atoms with Gasteiger partial charge in [-0.3, -0.25) is 9.10 Å². The first-order valence-electron chi connectivity index (χ1n) is 10.5. The van der Waals surface area contributed by atoms with Gasteiger partial charge in [0.05, 0.1) is 18.5 Å². The zero-order valence-corrected chi connectivity index (χ0v) is 20.6. The molecule has 8 heteroatoms. The van der Waals surface area contributed by atoms with Gasteiger partial charge in [-0.2, -0.15) is 0 Å². The number of rotatable bonds is 11. The maximum Gasteiger partial charge on any atom is 0.251 e. The van der Waals surface area contributed by atoms with E-state index in [2.05, 4.69) is 35.1 Å². The summed E-state index contributed by atoms with van der Waals surface area (Å²) >= 11 is 3.18. The van der Waals surface area contributed by atoms with Crippen molar-refractivity contribution in [3.8, 4) is 0 Å². The molecule has 1 amide bonds. The van der Waals surface area contributed by atoms with E-state index in [4.69, 9.17) is 0 Å². The van der Waals surface area contributed by atoms with Crippen molar-refractivity contribution < 1.29 is 17.6 Å². The molecule has 0 spiro atoms. The Hall–Kier alpha value is -1.93. The van der Waals surface area contributed by atoms with E-state index in [1.165, 1.54) is 12.1 Å². The van der Waals surface area contributed by atoms with E-state index in [0.29, 0.717) is 28.1 Å². The topological polar surface area (TPSA) is 66.5 Å². The number of halogens is 2. The molecule has 2 aromatic rings. The van der Waals surface area contributed by atoms with Crippen LogP contribution in [0.5, 0.6) is 0 Å². The van der Waals surface area contributed by atoms with Crippen molar-refractivity contribution in [2.24, 2.45) is 5.92 Å². The fourth-order valence-electron chi connectivity index (χ4n) is 3.27. The summed E-state index contributed by atoms with van der Waals surface area (Å²) < 4.78 is 40.5. The van der Waals surface area contributed by atoms with Crippen LogP contribution < -0.4 is 9.62 Å². The van der Waals surface area contributed by atoms with Gasteiger partial charge in [0.2, 0.25) is 10.0 Å². The smallest absolute Gasteiger partial charge is 0.251 e. The maximum atomic E-state index is 14.4. The molecule has 1 N–H and O–H groups in total. The lowest BCUT2D eigenvalue weighted by Gasteiger charge is -2.23. The van der Waals surface area contributed by atoms with Gasteiger partial charge in [0.1, 0.15) is 5.82 Å². The zero-order chi connectivity index (χ0) is 23.0. The molecule has 0 heterocycles. The summed E-state index contributed by atoms with van der Waals surface area (Å²) in [7, 11) is -3.71. The van der Waals surface area contributed by atoms with Gasteiger partial charge in [0, 0.05) is 16.6 Å². The molecule has 0 aliphatic rings. The lowest BCUT2D eigenvalue weighted by molar-refractivity contribution is 0.0946. The first-order valence-corrected chi connectivity index (χ1v) is 13.1. The van der Waals surface area contributed by atoms with Crippen LogP contribution in [0.2, 0.25) is 0 Å². The highest BCUT2D eigenvalue weighted by atomic mass is 79.9. The Labute approximate surface area is 193 Å². The monoisotopic (exact) mass is 512 g/mol. The number of nitrogens with one attached hydrogen (secondary N) is 1. The van der Waals surface area contributed by atoms with Gasteiger partial charge in [-0.25, -0.2) is 12.8 Å². The van der Waals surface area contributed by atoms with Crippen molar-refractivity contribution in [1.29, 1.82) is 0 Å². The highest BCUT2D eigenvalue weighted by Gasteiger charge is 2.21. The number of hydrogen-bond acceptors (Lipinski definition) is 3. The first-order chi connectivity index (χ1) is 14.7. The van der Waals surface area contributed by atoms with Gasteiger partial charge in [-0.1, -0.05) is 61.2 Å². The Bertz CT molecular complexity index is 981. The van der Waals surface area contributed by atoms with Crippen molar-refractivity contribution >= 4 is 37.5 Å². The molecule has 170 valence electrons. The van der Waals surface area contributed by atoms with E-state index in [9.17, 15) is 17.6 Å². The molecule has 0 radical (unpaired) electrons. The number of benzene rings is 2. The highest BCUT2D eigenvalue weighted by Crippen LogP contribution is 2.27. The Morgan fingerprint density at radius 3 is 2.39 bits per heavy atom. The third-order valence-corrected chi connectivity index (χ3v) is 6.84. The second kappa shape index (κ2) is 11.6. The van der Waals surface area contributed by atoms with Crippen LogP contribution in [0.1, 0.15) is 55.5 Å². The molecule has 0 saturated heterocycles. The molecule has 0 aliphatic heterocycles. The molecular weight excluding hydrogens is 483 g/mol. The van der Waals surface area contributed by atoms with Crippen LogP contribution in [0.15, 0.2) is 46.9 Å². The van der Waals surface area contributed by atoms with Gasteiger partial charge in [-0.05, 0) is 48.2 Å². The SMILES string of the molecule is CCCCC(CC)CNC(=O)c1ccc(CN(c2ccc(Br)cc2F)S(C)(=O)=O)cc1. The normalized spacial score (nSPS) is 12.4. The van der Waals surface area contributed by atoms with Crippen LogP contribution in [0.25, 0.3) is 0 Å². The number of sulfonamides is 1. The van der Waals surface area contributed by atoms with Gasteiger partial charge in [-0.15, -0.1) is 0 Å². The third-order valence-electron chi connectivity index (χ3n) is 5.22. The molecule has 5 nitrogen and oxygen atoms in total. The standard InChI is InChI=1S/C23H30BrFN2O3S/c1-4-6-7-17(5-2)15-26-23(28)19-10-8-18(9-11-19)16-27(31(3,29)30)22-13-12-20(24)14-21(22)25/h8-14,17H,4-7,15-16H2,1-3H3,(H,26,28). The van der Waals surface area contributed by atoms with E-state index >= 15 is 0 Å². The van der Waals surface area contributed by atoms with E-state index < -0.39 is 15.8 Å². The number of unbranched alkanes of at least 4 members (excludes halogenated alkanes) is 1. The number of amides is 1. The molecule has 31 heavy (non-hydrogen) atoms. The van der Waals surface area contributed by atoms with Crippen LogP contribution >= 0.6 is 15.9 Å². The predicted molar refractivity (Wildman–Crippen MR) is 127 cm³/mol. The second-order valence-corrected chi connectivity index (χ2v) is 10.5. The van der Waals surface area contributed by atoms with Crippen molar-refractivity contribution in [1.82, 2.24) is 5.32 Å². The third kappa shape index (κ3) is 7.61. The second-order valence-electron chi connectivity index (χ2n) is 7.69. The summed E-state index contributed by atoms with van der Waals surface area (Å²) in [6, 6.07) is 11.0. The largest absolute Gasteiger partial charge is 0.352 e. The predicted octanol–water partition coefficient (Wildman–Crippen LogP) is 5.50. The van der Waals surface area contributed by atoms with E-state index in [1.807, 2.05) is 0 Å². The Balaban J connectivity index is 2.09. The first kappa shape index (κ1) is 25.3. The maximum absolute atomic E-state index is 14.4. The molecule has 0 fully saturated rings. The fraction of sp³-hybridized carbons (Fsp3) is 0.435. The Morgan fingerprint density at radius 1 is 1.16 bits per heavy atom. The molecule has 1 atom stereocenters. The number of carbonyl (C=O) groups is 1. The summed E-state index contributed by atoms with van der Waals surface area (Å²) in [5.74, 6) is -0.322. The number of hydrogen-bond donors (Lipinski definition) is 1. The van der Waals surface area contributed by atoms with E-state index in [-0.39, 0.29) is 18.1 Å². The average molecular weight is 513 g/mol. The van der Waals surface area contributed by atoms with E-state index in [0.717, 1.165) is 36.2 Å². The van der Waals surface area contributed by atoms with Crippen molar-refractivity contribution in [2.45, 2.75) is 46.1 Å².